The van der Waals surface area contributed by atoms with Crippen LogP contribution in [-0.2, 0) is 0 Å². The Morgan fingerprint density at radius 2 is 0.579 bits per heavy atom. The molecule has 0 unspecified atom stereocenters. The molecular weight excluding hydrogens is 598 g/mol. The minimum Gasteiger partial charge on any atom is -0.545 e. The van der Waals surface area contributed by atoms with E-state index in [0.717, 1.165) is 0 Å². The third kappa shape index (κ3) is 11.4. The van der Waals surface area contributed by atoms with Gasteiger partial charge in [0.2, 0.25) is 0 Å². The Morgan fingerprint density at radius 3 is 0.711 bits per heavy atom. The molecule has 5 N–H and O–H groups in total. The third-order valence-corrected chi connectivity index (χ3v) is 4.15. The topological polar surface area (TPSA) is 227 Å². The van der Waals surface area contributed by atoms with Gasteiger partial charge < -0.3 is 35.4 Å². The molecule has 0 saturated heterocycles. The Hall–Kier alpha value is -3.36. The number of carboxylic acid groups (broad SMARTS) is 6. The summed E-state index contributed by atoms with van der Waals surface area (Å²) < 4.78 is 0. The Labute approximate surface area is 267 Å². The summed E-state index contributed by atoms with van der Waals surface area (Å²) >= 11 is 0. The molecule has 0 aliphatic heterocycles. The summed E-state index contributed by atoms with van der Waals surface area (Å²) in [4.78, 5) is 62.6. The Balaban J connectivity index is 0. The molecule has 0 aliphatic carbocycles. The molecule has 0 aliphatic rings. The molecule has 12 nitrogen and oxygen atoms in total. The standard InChI is InChI=1S/3C8H6O4.K.Se/c3*9-7(10)5-3-1-2-4-6(5)8(11)12;;/h3*1-4H,(H,9,10)(H,11,12);;/q;;;+1;/p-1. The number of hydrogen-bond donors (Lipinski definition) is 5. The molecule has 2 radical (unpaired) electrons. The minimum atomic E-state index is -1.48. The smallest absolute Gasteiger partial charge is 0.545 e. The van der Waals surface area contributed by atoms with Gasteiger partial charge >= 0.3 is 81.2 Å². The van der Waals surface area contributed by atoms with Crippen LogP contribution in [0.4, 0.5) is 0 Å². The zero-order chi connectivity index (χ0) is 27.4. The largest absolute Gasteiger partial charge is 1.00 e. The zero-order valence-corrected chi connectivity index (χ0v) is 24.3. The van der Waals surface area contributed by atoms with E-state index in [-0.39, 0.29) is 102 Å². The quantitative estimate of drug-likeness (QED) is 0.201. The van der Waals surface area contributed by atoms with Crippen LogP contribution in [0, 0.1) is 0 Å². The molecule has 0 saturated carbocycles. The second kappa shape index (κ2) is 18.0. The van der Waals surface area contributed by atoms with E-state index in [2.05, 4.69) is 0 Å². The van der Waals surface area contributed by atoms with Gasteiger partial charge in [0.15, 0.2) is 0 Å². The number of benzene rings is 3. The number of aromatic carboxylic acids is 6. The van der Waals surface area contributed by atoms with Crippen molar-refractivity contribution in [3.63, 3.8) is 0 Å². The van der Waals surface area contributed by atoms with Crippen LogP contribution in [0.5, 0.6) is 0 Å². The van der Waals surface area contributed by atoms with Gasteiger partial charge in [-0.15, -0.1) is 0 Å². The van der Waals surface area contributed by atoms with Gasteiger partial charge in [0, 0.05) is 22.6 Å². The van der Waals surface area contributed by atoms with E-state index in [0.29, 0.717) is 0 Å². The number of rotatable bonds is 6. The summed E-state index contributed by atoms with van der Waals surface area (Å²) in [5, 5.41) is 53.1. The Morgan fingerprint density at radius 1 is 0.421 bits per heavy atom. The molecule has 0 fully saturated rings. The number of hydrogen-bond acceptors (Lipinski definition) is 7. The van der Waals surface area contributed by atoms with Crippen LogP contribution in [0.2, 0.25) is 0 Å². The van der Waals surface area contributed by atoms with Gasteiger partial charge in [-0.05, 0) is 30.3 Å². The second-order valence-electron chi connectivity index (χ2n) is 6.45. The van der Waals surface area contributed by atoms with E-state index < -0.39 is 35.8 Å². The minimum absolute atomic E-state index is 0. The van der Waals surface area contributed by atoms with Crippen molar-refractivity contribution in [3.05, 3.63) is 106 Å². The van der Waals surface area contributed by atoms with Crippen LogP contribution in [-0.4, -0.2) is 78.4 Å². The summed E-state index contributed by atoms with van der Waals surface area (Å²) in [6.45, 7) is 0. The van der Waals surface area contributed by atoms with Crippen molar-refractivity contribution in [2.24, 2.45) is 0 Å². The molecule has 3 aromatic rings. The predicted molar refractivity (Wildman–Crippen MR) is 124 cm³/mol. The monoisotopic (exact) mass is 616 g/mol. The first-order valence-corrected chi connectivity index (χ1v) is 9.53. The Bertz CT molecular complexity index is 1060. The molecule has 0 amide bonds. The molecule has 0 heterocycles. The van der Waals surface area contributed by atoms with Gasteiger partial charge in [0.25, 0.3) is 0 Å². The number of carboxylic acids is 6. The van der Waals surface area contributed by atoms with Gasteiger partial charge in [0.1, 0.15) is 0 Å². The van der Waals surface area contributed by atoms with E-state index in [4.69, 9.17) is 25.5 Å². The first kappa shape index (κ1) is 36.8. The van der Waals surface area contributed by atoms with Crippen molar-refractivity contribution in [2.75, 3.05) is 0 Å². The molecule has 0 aromatic heterocycles. The van der Waals surface area contributed by atoms with Crippen LogP contribution in [0.25, 0.3) is 0 Å². The van der Waals surface area contributed by atoms with Crippen LogP contribution >= 0.6 is 0 Å². The van der Waals surface area contributed by atoms with Crippen molar-refractivity contribution < 1.29 is 111 Å². The van der Waals surface area contributed by atoms with Gasteiger partial charge in [-0.2, -0.15) is 0 Å². The van der Waals surface area contributed by atoms with Crippen molar-refractivity contribution in [3.8, 4) is 0 Å². The average molecular weight is 615 g/mol. The summed E-state index contributed by atoms with van der Waals surface area (Å²) in [7, 11) is 0. The SMILES string of the molecule is O=C(O)c1ccccc1C(=O)O.O=C(O)c1ccccc1C(=O)O.O=C([O-])c1ccccc1C(=O)O.[K+].[Se]. The van der Waals surface area contributed by atoms with Crippen molar-refractivity contribution in [2.45, 2.75) is 0 Å². The van der Waals surface area contributed by atoms with Crippen LogP contribution in [0.1, 0.15) is 62.1 Å². The molecule has 0 spiro atoms. The normalized spacial score (nSPS) is 8.84. The maximum Gasteiger partial charge on any atom is 1.00 e. The van der Waals surface area contributed by atoms with Gasteiger partial charge in [-0.3, -0.25) is 0 Å². The fourth-order valence-electron chi connectivity index (χ4n) is 2.56. The number of carbonyl (C=O) groups is 6. The van der Waals surface area contributed by atoms with Crippen LogP contribution in [0.3, 0.4) is 0 Å². The van der Waals surface area contributed by atoms with Crippen molar-refractivity contribution in [1.82, 2.24) is 0 Å². The van der Waals surface area contributed by atoms with E-state index in [1.807, 2.05) is 0 Å². The van der Waals surface area contributed by atoms with Crippen molar-refractivity contribution >= 4 is 52.9 Å². The van der Waals surface area contributed by atoms with E-state index in [9.17, 15) is 33.9 Å². The summed E-state index contributed by atoms with van der Waals surface area (Å²) in [6.07, 6.45) is 0. The predicted octanol–water partition coefficient (Wildman–Crippen LogP) is -1.46. The zero-order valence-electron chi connectivity index (χ0n) is 19.4. The molecule has 3 rings (SSSR count). The van der Waals surface area contributed by atoms with Gasteiger partial charge in [-0.25, -0.2) is 24.0 Å². The first-order chi connectivity index (χ1) is 16.9. The third-order valence-electron chi connectivity index (χ3n) is 4.15. The number of carbonyl (C=O) groups excluding carboxylic acids is 1. The fourth-order valence-corrected chi connectivity index (χ4v) is 2.56. The average Bonchev–Trinajstić information content (AvgIpc) is 2.84. The first-order valence-electron chi connectivity index (χ1n) is 9.53. The van der Waals surface area contributed by atoms with E-state index in [1.54, 1.807) is 0 Å². The molecule has 0 bridgehead atoms. The molecule has 0 atom stereocenters. The van der Waals surface area contributed by atoms with Gasteiger partial charge in [-0.1, -0.05) is 42.5 Å². The van der Waals surface area contributed by atoms with Crippen molar-refractivity contribution in [1.29, 1.82) is 0 Å². The fraction of sp³-hybridized carbons (Fsp3) is 0. The summed E-state index contributed by atoms with van der Waals surface area (Å²) in [6, 6.07) is 16.3. The molecular formula is C24H17KO12Se. The van der Waals surface area contributed by atoms with Gasteiger partial charge in [0.05, 0.1) is 33.8 Å². The van der Waals surface area contributed by atoms with Crippen LogP contribution < -0.4 is 56.5 Å². The molecule has 14 heteroatoms. The summed E-state index contributed by atoms with van der Waals surface area (Å²) in [5.41, 5.74) is -1.31. The van der Waals surface area contributed by atoms with Crippen LogP contribution in [0.15, 0.2) is 72.8 Å². The maximum atomic E-state index is 10.5. The van der Waals surface area contributed by atoms with E-state index in [1.165, 1.54) is 72.8 Å². The second-order valence-corrected chi connectivity index (χ2v) is 6.45. The Kier molecular flexibility index (Phi) is 17.4. The molecule has 38 heavy (non-hydrogen) atoms. The van der Waals surface area contributed by atoms with E-state index >= 15 is 0 Å². The maximum absolute atomic E-state index is 10.5. The molecule has 192 valence electrons. The molecule has 3 aromatic carbocycles. The summed E-state index contributed by atoms with van der Waals surface area (Å²) in [5.74, 6) is -7.66.